The van der Waals surface area contributed by atoms with Crippen molar-refractivity contribution in [1.29, 1.82) is 0 Å². The van der Waals surface area contributed by atoms with Crippen LogP contribution >= 0.6 is 0 Å². The van der Waals surface area contributed by atoms with Gasteiger partial charge in [0.2, 0.25) is 0 Å². The summed E-state index contributed by atoms with van der Waals surface area (Å²) in [7, 11) is 1.72. The van der Waals surface area contributed by atoms with Crippen LogP contribution in [-0.2, 0) is 11.2 Å². The molecule has 0 fully saturated rings. The molecule has 5 N–H and O–H groups in total. The Morgan fingerprint density at radius 2 is 1.81 bits per heavy atom. The van der Waals surface area contributed by atoms with Crippen LogP contribution in [0.3, 0.4) is 0 Å². The van der Waals surface area contributed by atoms with E-state index in [0.29, 0.717) is 0 Å². The number of hydrogen-bond donors (Lipinski definition) is 3. The molecule has 0 bridgehead atoms. The Morgan fingerprint density at radius 3 is 2.44 bits per heavy atom. The lowest BCUT2D eigenvalue weighted by molar-refractivity contribution is 0.111. The molecule has 16 heavy (non-hydrogen) atoms. The summed E-state index contributed by atoms with van der Waals surface area (Å²) in [6, 6.07) is 0. The van der Waals surface area contributed by atoms with Crippen LogP contribution in [0.25, 0.3) is 0 Å². The topological polar surface area (TPSA) is 73.3 Å². The van der Waals surface area contributed by atoms with E-state index in [1.54, 1.807) is 7.11 Å². The van der Waals surface area contributed by atoms with E-state index in [0.717, 1.165) is 46.7 Å². The Kier molecular flexibility index (Phi) is 2.68. The molecule has 0 saturated heterocycles. The number of methoxy groups -OCH3 is 1. The highest BCUT2D eigenvalue weighted by molar-refractivity contribution is 5.83. The minimum atomic E-state index is 0.177. The third-order valence-corrected chi connectivity index (χ3v) is 3.54. The van der Waals surface area contributed by atoms with Crippen molar-refractivity contribution in [1.82, 2.24) is 0 Å². The molecule has 2 rings (SSSR count). The Balaban J connectivity index is 2.56. The summed E-state index contributed by atoms with van der Waals surface area (Å²) in [4.78, 5) is 0. The molecule has 4 nitrogen and oxygen atoms in total. The second-order valence-corrected chi connectivity index (χ2v) is 4.37. The number of anilines is 3. The number of hydrogen-bond acceptors (Lipinski definition) is 4. The molecule has 1 heterocycles. The van der Waals surface area contributed by atoms with Crippen molar-refractivity contribution in [3.8, 4) is 0 Å². The first-order valence-corrected chi connectivity index (χ1v) is 5.49. The zero-order valence-electron chi connectivity index (χ0n) is 10.1. The van der Waals surface area contributed by atoms with Gasteiger partial charge in [0.1, 0.15) is 0 Å². The Bertz CT molecular complexity index is 429. The third-order valence-electron chi connectivity index (χ3n) is 3.54. The molecule has 1 unspecified atom stereocenters. The lowest BCUT2D eigenvalue weighted by atomic mass is 9.92. The largest absolute Gasteiger partial charge is 0.398 e. The standard InChI is InChI=1S/C12H19N3O/c1-6-7(2)11(14)12-9(10(6)13)4-8(16-3)5-15-12/h8,15H,4-5,13-14H2,1-3H3. The normalized spacial score (nSPS) is 19.1. The van der Waals surface area contributed by atoms with Crippen LogP contribution in [0.1, 0.15) is 16.7 Å². The highest BCUT2D eigenvalue weighted by Crippen LogP contribution is 2.38. The molecule has 0 amide bonds. The molecule has 1 aromatic carbocycles. The molecule has 0 spiro atoms. The maximum atomic E-state index is 6.14. The van der Waals surface area contributed by atoms with Gasteiger partial charge in [0, 0.05) is 31.3 Å². The molecule has 88 valence electrons. The SMILES string of the molecule is COC1CNc2c(N)c(C)c(C)c(N)c2C1. The fourth-order valence-electron chi connectivity index (χ4n) is 2.21. The molecule has 0 radical (unpaired) electrons. The van der Waals surface area contributed by atoms with Crippen molar-refractivity contribution in [2.24, 2.45) is 0 Å². The monoisotopic (exact) mass is 221 g/mol. The van der Waals surface area contributed by atoms with Gasteiger partial charge in [-0.25, -0.2) is 0 Å². The van der Waals surface area contributed by atoms with E-state index in [9.17, 15) is 0 Å². The maximum absolute atomic E-state index is 6.14. The molecule has 0 aromatic heterocycles. The summed E-state index contributed by atoms with van der Waals surface area (Å²) in [5.41, 5.74) is 18.1. The zero-order valence-corrected chi connectivity index (χ0v) is 10.1. The van der Waals surface area contributed by atoms with Gasteiger partial charge in [-0.15, -0.1) is 0 Å². The average molecular weight is 221 g/mol. The predicted molar refractivity (Wildman–Crippen MR) is 67.7 cm³/mol. The lowest BCUT2D eigenvalue weighted by Crippen LogP contribution is -2.31. The molecule has 0 saturated carbocycles. The molecule has 1 aromatic rings. The molecular formula is C12H19N3O. The van der Waals surface area contributed by atoms with Crippen LogP contribution in [0, 0.1) is 13.8 Å². The highest BCUT2D eigenvalue weighted by Gasteiger charge is 2.24. The summed E-state index contributed by atoms with van der Waals surface area (Å²) in [6.07, 6.45) is 1.01. The van der Waals surface area contributed by atoms with E-state index < -0.39 is 0 Å². The Hall–Kier alpha value is -1.42. The molecule has 1 aliphatic rings. The molecule has 1 aliphatic heterocycles. The van der Waals surface area contributed by atoms with Crippen LogP contribution in [0.2, 0.25) is 0 Å². The summed E-state index contributed by atoms with van der Waals surface area (Å²) < 4.78 is 5.35. The fourth-order valence-corrected chi connectivity index (χ4v) is 2.21. The van der Waals surface area contributed by atoms with Crippen molar-refractivity contribution in [2.75, 3.05) is 30.4 Å². The first kappa shape index (κ1) is 11.1. The predicted octanol–water partition coefficient (Wildman–Crippen LogP) is 1.45. The minimum Gasteiger partial charge on any atom is -0.398 e. The Morgan fingerprint density at radius 1 is 1.19 bits per heavy atom. The highest BCUT2D eigenvalue weighted by atomic mass is 16.5. The van der Waals surface area contributed by atoms with Crippen LogP contribution in [0.4, 0.5) is 17.1 Å². The van der Waals surface area contributed by atoms with Gasteiger partial charge in [-0.05, 0) is 25.0 Å². The van der Waals surface area contributed by atoms with Crippen molar-refractivity contribution in [2.45, 2.75) is 26.4 Å². The zero-order chi connectivity index (χ0) is 11.9. The van der Waals surface area contributed by atoms with E-state index in [4.69, 9.17) is 16.2 Å². The van der Waals surface area contributed by atoms with Gasteiger partial charge < -0.3 is 21.5 Å². The number of nitrogen functional groups attached to an aromatic ring is 2. The van der Waals surface area contributed by atoms with Crippen molar-refractivity contribution < 1.29 is 4.74 Å². The van der Waals surface area contributed by atoms with Crippen LogP contribution in [-0.4, -0.2) is 19.8 Å². The smallest absolute Gasteiger partial charge is 0.0785 e. The van der Waals surface area contributed by atoms with Gasteiger partial charge in [0.15, 0.2) is 0 Å². The summed E-state index contributed by atoms with van der Waals surface area (Å²) in [5, 5.41) is 3.31. The first-order chi connectivity index (χ1) is 7.56. The van der Waals surface area contributed by atoms with Crippen molar-refractivity contribution in [3.63, 3.8) is 0 Å². The van der Waals surface area contributed by atoms with Gasteiger partial charge in [-0.3, -0.25) is 0 Å². The fraction of sp³-hybridized carbons (Fsp3) is 0.500. The number of nitrogens with one attached hydrogen (secondary N) is 1. The van der Waals surface area contributed by atoms with Gasteiger partial charge in [-0.1, -0.05) is 0 Å². The van der Waals surface area contributed by atoms with E-state index in [-0.39, 0.29) is 6.10 Å². The van der Waals surface area contributed by atoms with E-state index in [1.165, 1.54) is 0 Å². The van der Waals surface area contributed by atoms with Gasteiger partial charge in [0.05, 0.1) is 17.5 Å². The van der Waals surface area contributed by atoms with Gasteiger partial charge in [0.25, 0.3) is 0 Å². The second-order valence-electron chi connectivity index (χ2n) is 4.37. The summed E-state index contributed by atoms with van der Waals surface area (Å²) >= 11 is 0. The van der Waals surface area contributed by atoms with Crippen LogP contribution in [0.5, 0.6) is 0 Å². The first-order valence-electron chi connectivity index (χ1n) is 5.49. The molecular weight excluding hydrogens is 202 g/mol. The van der Waals surface area contributed by atoms with E-state index in [1.807, 2.05) is 13.8 Å². The van der Waals surface area contributed by atoms with Gasteiger partial charge >= 0.3 is 0 Å². The van der Waals surface area contributed by atoms with Crippen LogP contribution < -0.4 is 16.8 Å². The van der Waals surface area contributed by atoms with Crippen molar-refractivity contribution in [3.05, 3.63) is 16.7 Å². The number of ether oxygens (including phenoxy) is 1. The van der Waals surface area contributed by atoms with E-state index in [2.05, 4.69) is 5.32 Å². The second kappa shape index (κ2) is 3.87. The van der Waals surface area contributed by atoms with Gasteiger partial charge in [-0.2, -0.15) is 0 Å². The minimum absolute atomic E-state index is 0.177. The number of fused-ring (bicyclic) bond motifs is 1. The number of nitrogens with two attached hydrogens (primary N) is 2. The molecule has 1 atom stereocenters. The lowest BCUT2D eigenvalue weighted by Gasteiger charge is -2.29. The average Bonchev–Trinajstić information content (AvgIpc) is 2.33. The third kappa shape index (κ3) is 1.50. The number of benzene rings is 1. The molecule has 4 heteroatoms. The van der Waals surface area contributed by atoms with Crippen LogP contribution in [0.15, 0.2) is 0 Å². The Labute approximate surface area is 96.0 Å². The van der Waals surface area contributed by atoms with Crippen molar-refractivity contribution >= 4 is 17.1 Å². The summed E-state index contributed by atoms with van der Waals surface area (Å²) in [5.74, 6) is 0. The maximum Gasteiger partial charge on any atom is 0.0785 e. The number of rotatable bonds is 1. The quantitative estimate of drug-likeness (QED) is 0.628. The summed E-state index contributed by atoms with van der Waals surface area (Å²) in [6.45, 7) is 4.80. The van der Waals surface area contributed by atoms with E-state index >= 15 is 0 Å². The molecule has 0 aliphatic carbocycles.